The molecule has 0 aliphatic heterocycles. The minimum absolute atomic E-state index is 0.0703. The van der Waals surface area contributed by atoms with Crippen molar-refractivity contribution in [1.29, 1.82) is 0 Å². The predicted octanol–water partition coefficient (Wildman–Crippen LogP) is 1.79. The summed E-state index contributed by atoms with van der Waals surface area (Å²) in [4.78, 5) is 20.8. The number of carbonyl (C=O) groups is 1. The summed E-state index contributed by atoms with van der Waals surface area (Å²) in [5.41, 5.74) is 8.25. The van der Waals surface area contributed by atoms with Crippen LogP contribution in [0.15, 0.2) is 36.7 Å². The first-order valence-electron chi connectivity index (χ1n) is 7.64. The molecule has 0 spiro atoms. The summed E-state index contributed by atoms with van der Waals surface area (Å²) in [6, 6.07) is 7.34. The van der Waals surface area contributed by atoms with E-state index in [1.165, 1.54) is 12.8 Å². The molecule has 2 aromatic rings. The number of carbonyl (C=O) groups excluding carboxylic acids is 1. The highest BCUT2D eigenvalue weighted by atomic mass is 16.1. The fraction of sp³-hybridized carbons (Fsp3) is 0.353. The molecule has 22 heavy (non-hydrogen) atoms. The van der Waals surface area contributed by atoms with E-state index in [9.17, 15) is 4.79 Å². The second-order valence-corrected chi connectivity index (χ2v) is 5.63. The van der Waals surface area contributed by atoms with Gasteiger partial charge in [0.2, 0.25) is 0 Å². The molecule has 0 saturated heterocycles. The van der Waals surface area contributed by atoms with Crippen LogP contribution < -0.4 is 11.1 Å². The van der Waals surface area contributed by atoms with Gasteiger partial charge in [0.15, 0.2) is 0 Å². The Morgan fingerprint density at radius 2 is 1.82 bits per heavy atom. The molecule has 1 aromatic carbocycles. The van der Waals surface area contributed by atoms with Gasteiger partial charge < -0.3 is 11.1 Å². The van der Waals surface area contributed by atoms with E-state index < -0.39 is 0 Å². The third kappa shape index (κ3) is 3.68. The quantitative estimate of drug-likeness (QED) is 0.851. The summed E-state index contributed by atoms with van der Waals surface area (Å²) < 4.78 is 0. The second kappa shape index (κ2) is 6.66. The fourth-order valence-corrected chi connectivity index (χ4v) is 2.26. The number of nitrogens with two attached hydrogens (primary N) is 1. The summed E-state index contributed by atoms with van der Waals surface area (Å²) in [5, 5.41) is 2.91. The largest absolute Gasteiger partial charge is 0.352 e. The summed E-state index contributed by atoms with van der Waals surface area (Å²) in [6.45, 7) is 1.06. The topological polar surface area (TPSA) is 80.9 Å². The van der Waals surface area contributed by atoms with Crippen molar-refractivity contribution < 1.29 is 4.79 Å². The Labute approximate surface area is 130 Å². The number of hydrogen-bond acceptors (Lipinski definition) is 4. The molecule has 1 aliphatic carbocycles. The molecule has 0 bridgehead atoms. The summed E-state index contributed by atoms with van der Waals surface area (Å²) in [7, 11) is 0. The van der Waals surface area contributed by atoms with Gasteiger partial charge in [0.05, 0.1) is 0 Å². The van der Waals surface area contributed by atoms with Crippen molar-refractivity contribution in [2.75, 3.05) is 6.54 Å². The second-order valence-electron chi connectivity index (χ2n) is 5.63. The Balaban J connectivity index is 1.48. The van der Waals surface area contributed by atoms with Crippen LogP contribution in [-0.4, -0.2) is 22.4 Å². The average Bonchev–Trinajstić information content (AvgIpc) is 3.40. The minimum atomic E-state index is -0.0703. The number of benzene rings is 1. The maximum absolute atomic E-state index is 12.0. The van der Waals surface area contributed by atoms with Crippen LogP contribution >= 0.6 is 0 Å². The van der Waals surface area contributed by atoms with Gasteiger partial charge in [-0.25, -0.2) is 9.97 Å². The lowest BCUT2D eigenvalue weighted by Gasteiger charge is -2.06. The van der Waals surface area contributed by atoms with Crippen LogP contribution in [0.4, 0.5) is 0 Å². The third-order valence-electron chi connectivity index (χ3n) is 3.82. The first kappa shape index (κ1) is 14.7. The van der Waals surface area contributed by atoms with Gasteiger partial charge in [-0.1, -0.05) is 12.1 Å². The normalized spacial score (nSPS) is 13.9. The van der Waals surface area contributed by atoms with Crippen LogP contribution in [0.25, 0.3) is 0 Å². The van der Waals surface area contributed by atoms with Crippen molar-refractivity contribution in [1.82, 2.24) is 15.3 Å². The monoisotopic (exact) mass is 296 g/mol. The number of hydrogen-bond donors (Lipinski definition) is 2. The van der Waals surface area contributed by atoms with Gasteiger partial charge >= 0.3 is 0 Å². The van der Waals surface area contributed by atoms with Crippen LogP contribution in [0.2, 0.25) is 0 Å². The van der Waals surface area contributed by atoms with E-state index in [0.717, 1.165) is 23.4 Å². The van der Waals surface area contributed by atoms with Crippen LogP contribution in [0.3, 0.4) is 0 Å². The summed E-state index contributed by atoms with van der Waals surface area (Å²) >= 11 is 0. The van der Waals surface area contributed by atoms with Gasteiger partial charge in [0.25, 0.3) is 5.91 Å². The number of amides is 1. The molecule has 1 aromatic heterocycles. The lowest BCUT2D eigenvalue weighted by Crippen LogP contribution is -2.25. The first-order chi connectivity index (χ1) is 10.8. The first-order valence-corrected chi connectivity index (χ1v) is 7.64. The summed E-state index contributed by atoms with van der Waals surface area (Å²) in [6.07, 6.45) is 6.87. The number of nitrogens with one attached hydrogen (secondary N) is 1. The van der Waals surface area contributed by atoms with E-state index in [4.69, 9.17) is 5.73 Å². The molecule has 3 N–H and O–H groups in total. The number of rotatable bonds is 6. The van der Waals surface area contributed by atoms with Crippen LogP contribution in [0.1, 0.15) is 46.1 Å². The van der Waals surface area contributed by atoms with Gasteiger partial charge in [-0.3, -0.25) is 4.79 Å². The minimum Gasteiger partial charge on any atom is -0.352 e. The zero-order valence-electron chi connectivity index (χ0n) is 12.5. The molecule has 1 amide bonds. The molecule has 5 nitrogen and oxygen atoms in total. The van der Waals surface area contributed by atoms with E-state index in [2.05, 4.69) is 15.3 Å². The van der Waals surface area contributed by atoms with Crippen LogP contribution in [0, 0.1) is 0 Å². The van der Waals surface area contributed by atoms with Gasteiger partial charge in [-0.2, -0.15) is 0 Å². The van der Waals surface area contributed by atoms with Gasteiger partial charge in [-0.15, -0.1) is 0 Å². The van der Waals surface area contributed by atoms with Crippen molar-refractivity contribution in [3.8, 4) is 0 Å². The maximum Gasteiger partial charge on any atom is 0.251 e. The Bertz CT molecular complexity index is 633. The molecule has 5 heteroatoms. The van der Waals surface area contributed by atoms with Crippen molar-refractivity contribution in [3.05, 3.63) is 59.2 Å². The Morgan fingerprint density at radius 3 is 2.41 bits per heavy atom. The van der Waals surface area contributed by atoms with E-state index >= 15 is 0 Å². The molecule has 1 fully saturated rings. The standard InChI is InChI=1S/C17H20N4O/c18-9-12-1-3-15(4-2-12)17(22)19-8-7-13-10-20-16(21-11-13)14-5-6-14/h1-4,10-11,14H,5-9,18H2,(H,19,22). The smallest absolute Gasteiger partial charge is 0.251 e. The summed E-state index contributed by atoms with van der Waals surface area (Å²) in [5.74, 6) is 1.46. The van der Waals surface area contributed by atoms with Crippen LogP contribution in [-0.2, 0) is 13.0 Å². The highest BCUT2D eigenvalue weighted by Crippen LogP contribution is 2.37. The van der Waals surface area contributed by atoms with E-state index in [-0.39, 0.29) is 5.91 Å². The van der Waals surface area contributed by atoms with Gasteiger partial charge in [0.1, 0.15) is 5.82 Å². The van der Waals surface area contributed by atoms with Crippen molar-refractivity contribution >= 4 is 5.91 Å². The molecular formula is C17H20N4O. The Kier molecular flexibility index (Phi) is 4.44. The molecule has 3 rings (SSSR count). The SMILES string of the molecule is NCc1ccc(C(=O)NCCc2cnc(C3CC3)nc2)cc1. The average molecular weight is 296 g/mol. The van der Waals surface area contributed by atoms with E-state index in [1.54, 1.807) is 12.1 Å². The Morgan fingerprint density at radius 1 is 1.14 bits per heavy atom. The molecule has 1 aliphatic rings. The van der Waals surface area contributed by atoms with Crippen molar-refractivity contribution in [2.24, 2.45) is 5.73 Å². The lowest BCUT2D eigenvalue weighted by molar-refractivity contribution is 0.0954. The molecule has 1 saturated carbocycles. The van der Waals surface area contributed by atoms with Crippen LogP contribution in [0.5, 0.6) is 0 Å². The Hall–Kier alpha value is -2.27. The highest BCUT2D eigenvalue weighted by molar-refractivity contribution is 5.94. The van der Waals surface area contributed by atoms with E-state index in [0.29, 0.717) is 24.6 Å². The lowest BCUT2D eigenvalue weighted by atomic mass is 10.1. The van der Waals surface area contributed by atoms with Gasteiger partial charge in [0, 0.05) is 37.0 Å². The number of nitrogens with zero attached hydrogens (tertiary/aromatic N) is 2. The third-order valence-corrected chi connectivity index (χ3v) is 3.82. The molecule has 114 valence electrons. The zero-order valence-corrected chi connectivity index (χ0v) is 12.5. The number of aromatic nitrogens is 2. The van der Waals surface area contributed by atoms with Gasteiger partial charge in [-0.05, 0) is 42.5 Å². The molecule has 0 unspecified atom stereocenters. The molecule has 0 atom stereocenters. The molecule has 1 heterocycles. The molecule has 0 radical (unpaired) electrons. The molecular weight excluding hydrogens is 276 g/mol. The van der Waals surface area contributed by atoms with Crippen molar-refractivity contribution in [3.63, 3.8) is 0 Å². The zero-order chi connectivity index (χ0) is 15.4. The fourth-order valence-electron chi connectivity index (χ4n) is 2.26. The maximum atomic E-state index is 12.0. The highest BCUT2D eigenvalue weighted by Gasteiger charge is 2.25. The van der Waals surface area contributed by atoms with E-state index in [1.807, 2.05) is 24.5 Å². The predicted molar refractivity (Wildman–Crippen MR) is 84.4 cm³/mol. The van der Waals surface area contributed by atoms with Crippen molar-refractivity contribution in [2.45, 2.75) is 31.7 Å².